The first-order chi connectivity index (χ1) is 9.11. The van der Waals surface area contributed by atoms with Crippen LogP contribution in [0.5, 0.6) is 0 Å². The van der Waals surface area contributed by atoms with Crippen LogP contribution in [0.2, 0.25) is 0 Å². The molecule has 1 fully saturated rings. The fraction of sp³-hybridized carbons (Fsp3) is 0.538. The molecule has 2 rings (SSSR count). The van der Waals surface area contributed by atoms with Crippen LogP contribution in [-0.4, -0.2) is 35.3 Å². The summed E-state index contributed by atoms with van der Waals surface area (Å²) in [6.07, 6.45) is 3.69. The van der Waals surface area contributed by atoms with Gasteiger partial charge in [0, 0.05) is 19.1 Å². The van der Waals surface area contributed by atoms with Crippen molar-refractivity contribution < 1.29 is 14.6 Å². The third-order valence-corrected chi connectivity index (χ3v) is 3.46. The third-order valence-electron chi connectivity index (χ3n) is 3.46. The van der Waals surface area contributed by atoms with Crippen LogP contribution in [-0.2, 0) is 4.74 Å². The lowest BCUT2D eigenvalue weighted by Crippen LogP contribution is -2.23. The van der Waals surface area contributed by atoms with Crippen molar-refractivity contribution in [3.63, 3.8) is 0 Å². The number of nitrogens with one attached hydrogen (secondary N) is 1. The van der Waals surface area contributed by atoms with Crippen LogP contribution in [0.3, 0.4) is 0 Å². The van der Waals surface area contributed by atoms with Crippen LogP contribution < -0.4 is 11.1 Å². The highest BCUT2D eigenvalue weighted by molar-refractivity contribution is 5.94. The second kappa shape index (κ2) is 5.88. The Morgan fingerprint density at radius 1 is 1.68 bits per heavy atom. The molecule has 0 radical (unpaired) electrons. The van der Waals surface area contributed by atoms with Gasteiger partial charge >= 0.3 is 5.97 Å². The van der Waals surface area contributed by atoms with E-state index in [1.54, 1.807) is 0 Å². The van der Waals surface area contributed by atoms with Gasteiger partial charge in [-0.15, -0.1) is 0 Å². The highest BCUT2D eigenvalue weighted by Gasteiger charge is 2.26. The Morgan fingerprint density at radius 2 is 2.47 bits per heavy atom. The van der Waals surface area contributed by atoms with Crippen LogP contribution in [0.4, 0.5) is 11.5 Å². The number of nitrogens with zero attached hydrogens (tertiary/aromatic N) is 1. The number of rotatable bonds is 5. The van der Waals surface area contributed by atoms with E-state index in [1.165, 1.54) is 12.3 Å². The van der Waals surface area contributed by atoms with Gasteiger partial charge in [-0.05, 0) is 18.9 Å². The molecule has 0 amide bonds. The van der Waals surface area contributed by atoms with Crippen LogP contribution >= 0.6 is 0 Å². The molecule has 6 heteroatoms. The van der Waals surface area contributed by atoms with E-state index in [-0.39, 0.29) is 17.5 Å². The van der Waals surface area contributed by atoms with Gasteiger partial charge in [-0.1, -0.05) is 6.92 Å². The Labute approximate surface area is 112 Å². The van der Waals surface area contributed by atoms with Crippen molar-refractivity contribution in [3.8, 4) is 0 Å². The molecule has 0 saturated carbocycles. The summed E-state index contributed by atoms with van der Waals surface area (Å²) in [4.78, 5) is 15.1. The van der Waals surface area contributed by atoms with E-state index in [2.05, 4.69) is 17.2 Å². The summed E-state index contributed by atoms with van der Waals surface area (Å²) < 4.78 is 5.61. The van der Waals surface area contributed by atoms with E-state index >= 15 is 0 Å². The quantitative estimate of drug-likeness (QED) is 0.748. The average molecular weight is 265 g/mol. The SMILES string of the molecule is CCC1OCCC1CNc1cnc(N)cc1C(=O)O. The molecule has 19 heavy (non-hydrogen) atoms. The predicted molar refractivity (Wildman–Crippen MR) is 72.2 cm³/mol. The second-order valence-corrected chi connectivity index (χ2v) is 4.71. The molecule has 0 spiro atoms. The lowest BCUT2D eigenvalue weighted by Gasteiger charge is -2.18. The van der Waals surface area contributed by atoms with Crippen molar-refractivity contribution in [2.24, 2.45) is 5.92 Å². The van der Waals surface area contributed by atoms with Crippen LogP contribution in [0.25, 0.3) is 0 Å². The maximum absolute atomic E-state index is 11.1. The van der Waals surface area contributed by atoms with Gasteiger partial charge in [-0.25, -0.2) is 9.78 Å². The van der Waals surface area contributed by atoms with Crippen LogP contribution in [0.15, 0.2) is 12.3 Å². The van der Waals surface area contributed by atoms with E-state index in [0.29, 0.717) is 18.2 Å². The zero-order chi connectivity index (χ0) is 13.8. The van der Waals surface area contributed by atoms with Crippen molar-refractivity contribution in [2.75, 3.05) is 24.2 Å². The fourth-order valence-corrected chi connectivity index (χ4v) is 2.41. The van der Waals surface area contributed by atoms with Gasteiger partial charge in [0.25, 0.3) is 0 Å². The van der Waals surface area contributed by atoms with E-state index < -0.39 is 5.97 Å². The first kappa shape index (κ1) is 13.6. The zero-order valence-electron chi connectivity index (χ0n) is 10.9. The molecule has 2 unspecified atom stereocenters. The van der Waals surface area contributed by atoms with E-state index in [0.717, 1.165) is 19.4 Å². The van der Waals surface area contributed by atoms with Gasteiger partial charge in [0.05, 0.1) is 23.6 Å². The molecule has 1 saturated heterocycles. The van der Waals surface area contributed by atoms with Gasteiger partial charge in [0.15, 0.2) is 0 Å². The Balaban J connectivity index is 2.05. The Morgan fingerprint density at radius 3 is 3.16 bits per heavy atom. The minimum Gasteiger partial charge on any atom is -0.478 e. The number of carboxylic acids is 1. The molecule has 2 heterocycles. The number of aromatic carboxylic acids is 1. The number of carbonyl (C=O) groups is 1. The lowest BCUT2D eigenvalue weighted by atomic mass is 9.99. The minimum absolute atomic E-state index is 0.152. The van der Waals surface area contributed by atoms with Crippen molar-refractivity contribution in [1.82, 2.24) is 4.98 Å². The number of hydrogen-bond donors (Lipinski definition) is 3. The smallest absolute Gasteiger partial charge is 0.337 e. The summed E-state index contributed by atoms with van der Waals surface area (Å²) in [5, 5.41) is 12.3. The first-order valence-corrected chi connectivity index (χ1v) is 6.46. The van der Waals surface area contributed by atoms with Crippen molar-refractivity contribution in [1.29, 1.82) is 0 Å². The number of nitrogen functional groups attached to an aromatic ring is 1. The van der Waals surface area contributed by atoms with Gasteiger partial charge in [-0.2, -0.15) is 0 Å². The lowest BCUT2D eigenvalue weighted by molar-refractivity contribution is 0.0698. The summed E-state index contributed by atoms with van der Waals surface area (Å²) >= 11 is 0. The highest BCUT2D eigenvalue weighted by atomic mass is 16.5. The number of hydrogen-bond acceptors (Lipinski definition) is 5. The van der Waals surface area contributed by atoms with Crippen molar-refractivity contribution in [3.05, 3.63) is 17.8 Å². The van der Waals surface area contributed by atoms with Gasteiger partial charge in [0.1, 0.15) is 5.82 Å². The largest absolute Gasteiger partial charge is 0.478 e. The van der Waals surface area contributed by atoms with Crippen molar-refractivity contribution >= 4 is 17.5 Å². The molecule has 0 aromatic carbocycles. The Kier molecular flexibility index (Phi) is 4.21. The molecule has 1 aliphatic heterocycles. The zero-order valence-corrected chi connectivity index (χ0v) is 10.9. The van der Waals surface area contributed by atoms with E-state index in [1.807, 2.05) is 0 Å². The maximum atomic E-state index is 11.1. The summed E-state index contributed by atoms with van der Waals surface area (Å²) in [6, 6.07) is 1.37. The predicted octanol–water partition coefficient (Wildman–Crippen LogP) is 1.59. The van der Waals surface area contributed by atoms with Crippen LogP contribution in [0.1, 0.15) is 30.1 Å². The fourth-order valence-electron chi connectivity index (χ4n) is 2.41. The third kappa shape index (κ3) is 3.14. The topological polar surface area (TPSA) is 97.5 Å². The minimum atomic E-state index is -1.01. The Bertz CT molecular complexity index is 464. The number of aromatic nitrogens is 1. The first-order valence-electron chi connectivity index (χ1n) is 6.46. The number of ether oxygens (including phenoxy) is 1. The summed E-state index contributed by atoms with van der Waals surface area (Å²) in [7, 11) is 0. The summed E-state index contributed by atoms with van der Waals surface area (Å²) in [6.45, 7) is 3.55. The van der Waals surface area contributed by atoms with Gasteiger partial charge < -0.3 is 20.9 Å². The van der Waals surface area contributed by atoms with Crippen molar-refractivity contribution in [2.45, 2.75) is 25.9 Å². The molecule has 1 aromatic heterocycles. The molecule has 4 N–H and O–H groups in total. The average Bonchev–Trinajstić information content (AvgIpc) is 2.84. The molecule has 0 bridgehead atoms. The second-order valence-electron chi connectivity index (χ2n) is 4.71. The molecule has 1 aromatic rings. The number of nitrogens with two attached hydrogens (primary N) is 1. The number of carboxylic acid groups (broad SMARTS) is 1. The van der Waals surface area contributed by atoms with E-state index in [9.17, 15) is 4.79 Å². The standard InChI is InChI=1S/C13H19N3O3/c1-2-11-8(3-4-19-11)6-15-10-7-16-12(14)5-9(10)13(17)18/h5,7-8,11,15H,2-4,6H2,1H3,(H2,14,16)(H,17,18). The molecule has 104 valence electrons. The monoisotopic (exact) mass is 265 g/mol. The molecular formula is C13H19N3O3. The van der Waals surface area contributed by atoms with Gasteiger partial charge in [0.2, 0.25) is 0 Å². The molecule has 1 aliphatic rings. The summed E-state index contributed by atoms with van der Waals surface area (Å²) in [5.74, 6) is -0.394. The molecule has 6 nitrogen and oxygen atoms in total. The van der Waals surface area contributed by atoms with Crippen LogP contribution in [0, 0.1) is 5.92 Å². The summed E-state index contributed by atoms with van der Waals surface area (Å²) in [5.41, 5.74) is 6.16. The molecule has 2 atom stereocenters. The molecular weight excluding hydrogens is 246 g/mol. The van der Waals surface area contributed by atoms with Gasteiger partial charge in [-0.3, -0.25) is 0 Å². The highest BCUT2D eigenvalue weighted by Crippen LogP contribution is 2.25. The Hall–Kier alpha value is -1.82. The number of pyridine rings is 1. The van der Waals surface area contributed by atoms with E-state index in [4.69, 9.17) is 15.6 Å². The maximum Gasteiger partial charge on any atom is 0.337 e. The molecule has 0 aliphatic carbocycles. The normalized spacial score (nSPS) is 22.4. The number of anilines is 2.